The molecule has 67 heavy (non-hydrogen) atoms. The SMILES string of the molecule is C=C(CCCN(CCCCCNC)CCCC(=C)CC(CCC(=C)C(C)CCCCCC)CC(C)CCCCCC)CC(CCC(=C)C(C)CCCCCC)CCC(=C)C(C)CCCCCC. The van der Waals surface area contributed by atoms with Gasteiger partial charge in [-0.1, -0.05) is 232 Å². The quantitative estimate of drug-likeness (QED) is 0.0483. The average Bonchev–Trinajstić information content (AvgIpc) is 3.31. The van der Waals surface area contributed by atoms with Gasteiger partial charge in [-0.3, -0.25) is 0 Å². The second-order valence-electron chi connectivity index (χ2n) is 22.9. The molecule has 0 heterocycles. The highest BCUT2D eigenvalue weighted by Gasteiger charge is 2.19. The van der Waals surface area contributed by atoms with E-state index in [4.69, 9.17) is 13.2 Å². The van der Waals surface area contributed by atoms with Crippen LogP contribution in [-0.4, -0.2) is 38.1 Å². The molecular formula is C65H124N2. The highest BCUT2D eigenvalue weighted by atomic mass is 15.1. The zero-order valence-corrected chi connectivity index (χ0v) is 47.7. The summed E-state index contributed by atoms with van der Waals surface area (Å²) in [5, 5.41) is 3.36. The molecule has 0 saturated carbocycles. The van der Waals surface area contributed by atoms with Gasteiger partial charge in [0.25, 0.3) is 0 Å². The Morgan fingerprint density at radius 2 is 0.746 bits per heavy atom. The Morgan fingerprint density at radius 1 is 0.388 bits per heavy atom. The van der Waals surface area contributed by atoms with Gasteiger partial charge in [0, 0.05) is 0 Å². The molecule has 394 valence electrons. The summed E-state index contributed by atoms with van der Waals surface area (Å²) in [5.74, 6) is 4.16. The lowest BCUT2D eigenvalue weighted by molar-refractivity contribution is 0.259. The van der Waals surface area contributed by atoms with E-state index in [0.717, 1.165) is 24.8 Å². The third-order valence-electron chi connectivity index (χ3n) is 16.0. The van der Waals surface area contributed by atoms with Crippen LogP contribution < -0.4 is 5.32 Å². The highest BCUT2D eigenvalue weighted by Crippen LogP contribution is 2.33. The van der Waals surface area contributed by atoms with E-state index in [0.29, 0.717) is 23.7 Å². The van der Waals surface area contributed by atoms with Gasteiger partial charge in [0.15, 0.2) is 0 Å². The van der Waals surface area contributed by atoms with E-state index < -0.39 is 0 Å². The zero-order valence-electron chi connectivity index (χ0n) is 47.7. The summed E-state index contributed by atoms with van der Waals surface area (Å²) in [4.78, 5) is 2.80. The molecule has 0 aromatic rings. The second-order valence-corrected chi connectivity index (χ2v) is 22.9. The Morgan fingerprint density at radius 3 is 1.15 bits per heavy atom. The fraction of sp³-hybridized carbons (Fsp3) is 0.846. The summed E-state index contributed by atoms with van der Waals surface area (Å²) in [5.41, 5.74) is 7.43. The van der Waals surface area contributed by atoms with Gasteiger partial charge in [-0.2, -0.15) is 0 Å². The molecule has 0 rings (SSSR count). The fourth-order valence-corrected chi connectivity index (χ4v) is 10.7. The molecule has 0 aromatic heterocycles. The summed E-state index contributed by atoms with van der Waals surface area (Å²) in [6.45, 7) is 47.2. The van der Waals surface area contributed by atoms with Crippen molar-refractivity contribution < 1.29 is 0 Å². The van der Waals surface area contributed by atoms with E-state index in [1.165, 1.54) is 272 Å². The highest BCUT2D eigenvalue weighted by molar-refractivity contribution is 5.04. The van der Waals surface area contributed by atoms with E-state index in [2.05, 4.69) is 92.4 Å². The summed E-state index contributed by atoms with van der Waals surface area (Å²) >= 11 is 0. The van der Waals surface area contributed by atoms with E-state index in [1.54, 1.807) is 0 Å². The molecule has 0 aliphatic rings. The lowest BCUT2D eigenvalue weighted by Crippen LogP contribution is -2.27. The number of unbranched alkanes of at least 4 members (excludes halogenated alkanes) is 14. The predicted octanol–water partition coefficient (Wildman–Crippen LogP) is 21.2. The second kappa shape index (κ2) is 45.7. The van der Waals surface area contributed by atoms with Gasteiger partial charge in [0.2, 0.25) is 0 Å². The molecule has 0 radical (unpaired) electrons. The molecule has 5 unspecified atom stereocenters. The Balaban J connectivity index is 5.52. The van der Waals surface area contributed by atoms with Crippen molar-refractivity contribution in [3.8, 4) is 0 Å². The van der Waals surface area contributed by atoms with Gasteiger partial charge in [0.05, 0.1) is 0 Å². The van der Waals surface area contributed by atoms with Gasteiger partial charge in [-0.25, -0.2) is 0 Å². The van der Waals surface area contributed by atoms with Crippen molar-refractivity contribution in [2.45, 2.75) is 287 Å². The molecule has 2 nitrogen and oxygen atoms in total. The third kappa shape index (κ3) is 39.0. The molecular weight excluding hydrogens is 809 g/mol. The first kappa shape index (κ1) is 65.6. The van der Waals surface area contributed by atoms with Crippen molar-refractivity contribution in [1.82, 2.24) is 10.2 Å². The van der Waals surface area contributed by atoms with Crippen LogP contribution in [0.15, 0.2) is 60.8 Å². The smallest absolute Gasteiger partial charge is 0.00157 e. The number of allylic oxidation sites excluding steroid dienone is 5. The van der Waals surface area contributed by atoms with Crippen LogP contribution in [0.5, 0.6) is 0 Å². The van der Waals surface area contributed by atoms with Crippen LogP contribution in [0.3, 0.4) is 0 Å². The lowest BCUT2D eigenvalue weighted by atomic mass is 9.82. The van der Waals surface area contributed by atoms with Gasteiger partial charge in [-0.05, 0) is 184 Å². The molecule has 0 saturated heterocycles. The molecule has 0 fully saturated rings. The van der Waals surface area contributed by atoms with E-state index in [1.807, 2.05) is 0 Å². The Bertz CT molecular complexity index is 1160. The van der Waals surface area contributed by atoms with Crippen LogP contribution in [0.1, 0.15) is 287 Å². The molecule has 2 heteroatoms. The average molecular weight is 934 g/mol. The van der Waals surface area contributed by atoms with Crippen molar-refractivity contribution in [1.29, 1.82) is 0 Å². The first-order valence-corrected chi connectivity index (χ1v) is 30.0. The molecule has 5 atom stereocenters. The topological polar surface area (TPSA) is 15.3 Å². The van der Waals surface area contributed by atoms with E-state index >= 15 is 0 Å². The van der Waals surface area contributed by atoms with Crippen molar-refractivity contribution >= 4 is 0 Å². The molecule has 0 aromatic carbocycles. The lowest BCUT2D eigenvalue weighted by Gasteiger charge is -2.25. The monoisotopic (exact) mass is 933 g/mol. The number of nitrogens with zero attached hydrogens (tertiary/aromatic N) is 1. The van der Waals surface area contributed by atoms with Gasteiger partial charge < -0.3 is 10.2 Å². The minimum absolute atomic E-state index is 0.638. The Labute approximate surface area is 424 Å². The number of nitrogens with one attached hydrogen (secondary N) is 1. The normalized spacial score (nSPS) is 14.5. The maximum absolute atomic E-state index is 4.75. The van der Waals surface area contributed by atoms with Crippen LogP contribution in [0, 0.1) is 35.5 Å². The van der Waals surface area contributed by atoms with Crippen molar-refractivity contribution in [3.63, 3.8) is 0 Å². The van der Waals surface area contributed by atoms with Gasteiger partial charge in [-0.15, -0.1) is 0 Å². The summed E-state index contributed by atoms with van der Waals surface area (Å²) in [6.07, 6.45) is 46.8. The largest absolute Gasteiger partial charge is 0.320 e. The maximum atomic E-state index is 4.75. The maximum Gasteiger partial charge on any atom is -0.00157 e. The number of hydrogen-bond acceptors (Lipinski definition) is 2. The van der Waals surface area contributed by atoms with E-state index in [9.17, 15) is 0 Å². The molecule has 0 bridgehead atoms. The first-order valence-electron chi connectivity index (χ1n) is 30.0. The van der Waals surface area contributed by atoms with Crippen molar-refractivity contribution in [2.24, 2.45) is 35.5 Å². The third-order valence-corrected chi connectivity index (χ3v) is 16.0. The van der Waals surface area contributed by atoms with Gasteiger partial charge in [0.1, 0.15) is 0 Å². The predicted molar refractivity (Wildman–Crippen MR) is 309 cm³/mol. The number of hydrogen-bond donors (Lipinski definition) is 1. The van der Waals surface area contributed by atoms with Crippen LogP contribution in [0.2, 0.25) is 0 Å². The van der Waals surface area contributed by atoms with Crippen LogP contribution in [0.4, 0.5) is 0 Å². The molecule has 0 aliphatic carbocycles. The van der Waals surface area contributed by atoms with Gasteiger partial charge >= 0.3 is 0 Å². The first-order chi connectivity index (χ1) is 32.3. The van der Waals surface area contributed by atoms with Crippen molar-refractivity contribution in [2.75, 3.05) is 33.2 Å². The zero-order chi connectivity index (χ0) is 49.9. The number of rotatable bonds is 52. The molecule has 1 N–H and O–H groups in total. The molecule has 0 aliphatic heterocycles. The van der Waals surface area contributed by atoms with Crippen LogP contribution in [-0.2, 0) is 0 Å². The molecule has 0 amide bonds. The Hall–Kier alpha value is -1.38. The summed E-state index contributed by atoms with van der Waals surface area (Å²) < 4.78 is 0. The minimum Gasteiger partial charge on any atom is -0.320 e. The van der Waals surface area contributed by atoms with Crippen molar-refractivity contribution in [3.05, 3.63) is 60.8 Å². The Kier molecular flexibility index (Phi) is 44.8. The molecule has 0 spiro atoms. The fourth-order valence-electron chi connectivity index (χ4n) is 10.7. The van der Waals surface area contributed by atoms with Crippen LogP contribution in [0.25, 0.3) is 0 Å². The minimum atomic E-state index is 0.638. The summed E-state index contributed by atoms with van der Waals surface area (Å²) in [6, 6.07) is 0. The summed E-state index contributed by atoms with van der Waals surface area (Å²) in [7, 11) is 2.08. The van der Waals surface area contributed by atoms with Crippen LogP contribution >= 0.6 is 0 Å². The standard InChI is InChI=1S/C65H124N2/c1-15-19-23-28-36-55(5)53-65(47-44-63(13)60(10)41-31-26-22-18-4)54-57(7)38-35-51-67(49-33-27-32-48-66-14)50-34-37-56(6)52-64(45-42-61(11)58(8)39-29-24-20-16-2)46-43-62(12)59(9)40-30-25-21-17-3/h55,58-60,64-66H,6-7,11-13,15-54H2,1-5,8-10,14H3. The van der Waals surface area contributed by atoms with E-state index in [-0.39, 0.29) is 0 Å².